The molecular weight excluding hydrogens is 242 g/mol. The van der Waals surface area contributed by atoms with Crippen LogP contribution in [0.25, 0.3) is 0 Å². The third-order valence-corrected chi connectivity index (χ3v) is 3.35. The molecule has 106 valence electrons. The van der Waals surface area contributed by atoms with Crippen molar-refractivity contribution >= 4 is 5.97 Å². The Kier molecular flexibility index (Phi) is 5.33. The first kappa shape index (κ1) is 15.5. The van der Waals surface area contributed by atoms with Gasteiger partial charge in [0, 0.05) is 24.2 Å². The monoisotopic (exact) mass is 265 g/mol. The van der Waals surface area contributed by atoms with Crippen molar-refractivity contribution in [3.8, 4) is 0 Å². The van der Waals surface area contributed by atoms with Crippen molar-refractivity contribution in [3.05, 3.63) is 33.2 Å². The molecule has 0 unspecified atom stereocenters. The number of aromatic nitrogens is 1. The van der Waals surface area contributed by atoms with Crippen LogP contribution < -0.4 is 5.56 Å². The summed E-state index contributed by atoms with van der Waals surface area (Å²) >= 11 is 0. The van der Waals surface area contributed by atoms with Gasteiger partial charge in [0.2, 0.25) is 0 Å². The number of nitrogens with zero attached hydrogens (tertiary/aromatic N) is 1. The topological polar surface area (TPSA) is 59.3 Å². The molecule has 0 radical (unpaired) electrons. The van der Waals surface area contributed by atoms with E-state index in [1.165, 1.54) is 0 Å². The lowest BCUT2D eigenvalue weighted by Crippen LogP contribution is -2.27. The maximum atomic E-state index is 12.4. The standard InChI is InChI=1S/C15H23NO3/c1-10(2)7-8-16-12(4)9-11(3)13(15(16)19)5-6-14(17)18/h9-10H,5-8H2,1-4H3,(H,17,18). The second kappa shape index (κ2) is 6.55. The molecule has 0 spiro atoms. The van der Waals surface area contributed by atoms with Crippen LogP contribution in [0.4, 0.5) is 0 Å². The van der Waals surface area contributed by atoms with Crippen LogP contribution in [0.5, 0.6) is 0 Å². The predicted octanol–water partition coefficient (Wildman–Crippen LogP) is 2.53. The van der Waals surface area contributed by atoms with Crippen molar-refractivity contribution in [2.75, 3.05) is 0 Å². The van der Waals surface area contributed by atoms with Gasteiger partial charge in [-0.05, 0) is 44.2 Å². The first-order chi connectivity index (χ1) is 8.82. The van der Waals surface area contributed by atoms with Gasteiger partial charge in [-0.2, -0.15) is 0 Å². The number of carboxylic acid groups (broad SMARTS) is 1. The van der Waals surface area contributed by atoms with Gasteiger partial charge in [-0.15, -0.1) is 0 Å². The van der Waals surface area contributed by atoms with Gasteiger partial charge in [-0.3, -0.25) is 9.59 Å². The Balaban J connectivity index is 3.07. The summed E-state index contributed by atoms with van der Waals surface area (Å²) in [5.41, 5.74) is 2.45. The van der Waals surface area contributed by atoms with Gasteiger partial charge >= 0.3 is 5.97 Å². The maximum absolute atomic E-state index is 12.4. The summed E-state index contributed by atoms with van der Waals surface area (Å²) in [7, 11) is 0. The van der Waals surface area contributed by atoms with Gasteiger partial charge in [0.25, 0.3) is 5.56 Å². The summed E-state index contributed by atoms with van der Waals surface area (Å²) in [5.74, 6) is -0.330. The quantitative estimate of drug-likeness (QED) is 0.859. The molecule has 1 aromatic heterocycles. The van der Waals surface area contributed by atoms with Crippen LogP contribution in [-0.4, -0.2) is 15.6 Å². The van der Waals surface area contributed by atoms with E-state index in [9.17, 15) is 9.59 Å². The Morgan fingerprint density at radius 1 is 1.37 bits per heavy atom. The molecule has 0 aliphatic carbocycles. The predicted molar refractivity (Wildman–Crippen MR) is 75.6 cm³/mol. The summed E-state index contributed by atoms with van der Waals surface area (Å²) in [5, 5.41) is 8.75. The highest BCUT2D eigenvalue weighted by atomic mass is 16.4. The lowest BCUT2D eigenvalue weighted by molar-refractivity contribution is -0.136. The van der Waals surface area contributed by atoms with Crippen LogP contribution >= 0.6 is 0 Å². The van der Waals surface area contributed by atoms with E-state index in [2.05, 4.69) is 13.8 Å². The first-order valence-electron chi connectivity index (χ1n) is 6.74. The molecule has 1 rings (SSSR count). The van der Waals surface area contributed by atoms with E-state index in [4.69, 9.17) is 5.11 Å². The SMILES string of the molecule is Cc1cc(C)n(CCC(C)C)c(=O)c1CCC(=O)O. The van der Waals surface area contributed by atoms with E-state index in [0.29, 0.717) is 24.4 Å². The molecule has 4 nitrogen and oxygen atoms in total. The Morgan fingerprint density at radius 3 is 2.53 bits per heavy atom. The van der Waals surface area contributed by atoms with Crippen LogP contribution in [0, 0.1) is 19.8 Å². The van der Waals surface area contributed by atoms with Crippen LogP contribution in [0.2, 0.25) is 0 Å². The average molecular weight is 265 g/mol. The zero-order valence-corrected chi connectivity index (χ0v) is 12.2. The summed E-state index contributed by atoms with van der Waals surface area (Å²) in [6.07, 6.45) is 1.26. The number of hydrogen-bond acceptors (Lipinski definition) is 2. The van der Waals surface area contributed by atoms with Gasteiger partial charge in [-0.25, -0.2) is 0 Å². The molecule has 4 heteroatoms. The van der Waals surface area contributed by atoms with Crippen molar-refractivity contribution in [2.24, 2.45) is 5.92 Å². The molecule has 19 heavy (non-hydrogen) atoms. The molecule has 0 bridgehead atoms. The van der Waals surface area contributed by atoms with Crippen molar-refractivity contribution in [3.63, 3.8) is 0 Å². The Bertz CT molecular complexity index is 515. The normalized spacial score (nSPS) is 11.0. The van der Waals surface area contributed by atoms with Crippen molar-refractivity contribution < 1.29 is 9.90 Å². The third-order valence-electron chi connectivity index (χ3n) is 3.35. The van der Waals surface area contributed by atoms with E-state index < -0.39 is 5.97 Å². The minimum atomic E-state index is -0.867. The summed E-state index contributed by atoms with van der Waals surface area (Å²) in [6, 6.07) is 1.97. The van der Waals surface area contributed by atoms with E-state index in [1.54, 1.807) is 4.57 Å². The van der Waals surface area contributed by atoms with Crippen LogP contribution in [0.3, 0.4) is 0 Å². The molecule has 0 saturated heterocycles. The highest BCUT2D eigenvalue weighted by Crippen LogP contribution is 2.10. The van der Waals surface area contributed by atoms with Gasteiger partial charge in [-0.1, -0.05) is 13.8 Å². The fourth-order valence-electron chi connectivity index (χ4n) is 2.17. The summed E-state index contributed by atoms with van der Waals surface area (Å²) in [6.45, 7) is 8.75. The van der Waals surface area contributed by atoms with Crippen molar-refractivity contribution in [1.82, 2.24) is 4.57 Å². The number of rotatable bonds is 6. The number of carbonyl (C=O) groups is 1. The lowest BCUT2D eigenvalue weighted by Gasteiger charge is -2.15. The number of carboxylic acids is 1. The molecule has 0 atom stereocenters. The van der Waals surface area contributed by atoms with E-state index in [1.807, 2.05) is 19.9 Å². The van der Waals surface area contributed by atoms with Crippen molar-refractivity contribution in [2.45, 2.75) is 53.5 Å². The fraction of sp³-hybridized carbons (Fsp3) is 0.600. The zero-order valence-electron chi connectivity index (χ0n) is 12.2. The molecule has 0 saturated carbocycles. The molecule has 0 aliphatic heterocycles. The molecule has 0 amide bonds. The number of aliphatic carboxylic acids is 1. The highest BCUT2D eigenvalue weighted by molar-refractivity contribution is 5.67. The van der Waals surface area contributed by atoms with E-state index in [0.717, 1.165) is 17.7 Å². The largest absolute Gasteiger partial charge is 0.481 e. The Morgan fingerprint density at radius 2 is 2.00 bits per heavy atom. The number of hydrogen-bond donors (Lipinski definition) is 1. The smallest absolute Gasteiger partial charge is 0.303 e. The number of aryl methyl sites for hydroxylation is 2. The molecule has 1 heterocycles. The van der Waals surface area contributed by atoms with Gasteiger partial charge in [0.15, 0.2) is 0 Å². The minimum Gasteiger partial charge on any atom is -0.481 e. The van der Waals surface area contributed by atoms with Crippen LogP contribution in [0.15, 0.2) is 10.9 Å². The molecule has 1 N–H and O–H groups in total. The third kappa shape index (κ3) is 4.23. The average Bonchev–Trinajstić information content (AvgIpc) is 2.27. The first-order valence-corrected chi connectivity index (χ1v) is 6.74. The van der Waals surface area contributed by atoms with Crippen molar-refractivity contribution in [1.29, 1.82) is 0 Å². The second-order valence-corrected chi connectivity index (χ2v) is 5.48. The molecule has 0 fully saturated rings. The number of pyridine rings is 1. The molecule has 0 aromatic carbocycles. The summed E-state index contributed by atoms with van der Waals surface area (Å²) in [4.78, 5) is 23.1. The van der Waals surface area contributed by atoms with Gasteiger partial charge < -0.3 is 9.67 Å². The zero-order chi connectivity index (χ0) is 14.6. The maximum Gasteiger partial charge on any atom is 0.303 e. The second-order valence-electron chi connectivity index (χ2n) is 5.48. The van der Waals surface area contributed by atoms with Gasteiger partial charge in [0.05, 0.1) is 0 Å². The Hall–Kier alpha value is -1.58. The minimum absolute atomic E-state index is 0.00330. The van der Waals surface area contributed by atoms with E-state index in [-0.39, 0.29) is 12.0 Å². The Labute approximate surface area is 114 Å². The molecule has 0 aliphatic rings. The van der Waals surface area contributed by atoms with Crippen LogP contribution in [0.1, 0.15) is 43.5 Å². The highest BCUT2D eigenvalue weighted by Gasteiger charge is 2.12. The molecule has 1 aromatic rings. The van der Waals surface area contributed by atoms with Crippen LogP contribution in [-0.2, 0) is 17.8 Å². The summed E-state index contributed by atoms with van der Waals surface area (Å²) < 4.78 is 1.77. The van der Waals surface area contributed by atoms with Gasteiger partial charge in [0.1, 0.15) is 0 Å². The fourth-order valence-corrected chi connectivity index (χ4v) is 2.17. The molecular formula is C15H23NO3. The van der Waals surface area contributed by atoms with E-state index >= 15 is 0 Å². The lowest BCUT2D eigenvalue weighted by atomic mass is 10.0.